The van der Waals surface area contributed by atoms with Gasteiger partial charge in [-0.25, -0.2) is 4.98 Å². The molecule has 2 amide bonds. The zero-order valence-corrected chi connectivity index (χ0v) is 17.7. The Bertz CT molecular complexity index is 1330. The van der Waals surface area contributed by atoms with Crippen LogP contribution < -0.4 is 21.1 Å². The molecule has 0 bridgehead atoms. The summed E-state index contributed by atoms with van der Waals surface area (Å²) in [6, 6.07) is 19.8. The minimum Gasteiger partial charge on any atom is -0.427 e. The first-order chi connectivity index (χ1) is 15.4. The van der Waals surface area contributed by atoms with Gasteiger partial charge in [0, 0.05) is 18.2 Å². The van der Waals surface area contributed by atoms with Crippen LogP contribution in [0.15, 0.2) is 66.7 Å². The van der Waals surface area contributed by atoms with Gasteiger partial charge in [0.05, 0.1) is 0 Å². The van der Waals surface area contributed by atoms with Crippen LogP contribution in [0.3, 0.4) is 0 Å². The summed E-state index contributed by atoms with van der Waals surface area (Å²) in [6.45, 7) is 1.29. The van der Waals surface area contributed by atoms with Crippen molar-refractivity contribution < 1.29 is 19.1 Å². The van der Waals surface area contributed by atoms with Crippen molar-refractivity contribution in [3.05, 3.63) is 78.0 Å². The van der Waals surface area contributed by atoms with Gasteiger partial charge in [0.1, 0.15) is 10.8 Å². The SMILES string of the molecule is CC(=O)Oc1ccc(C(=O)Nc2sc(Nc3ccc4ccccc4c3)nc2C(N)=O)cc1. The normalized spacial score (nSPS) is 10.5. The molecule has 1 heterocycles. The first kappa shape index (κ1) is 21.0. The van der Waals surface area contributed by atoms with Gasteiger partial charge in [0.2, 0.25) is 0 Å². The molecular formula is C23H18N4O4S. The summed E-state index contributed by atoms with van der Waals surface area (Å²) < 4.78 is 4.96. The van der Waals surface area contributed by atoms with Crippen LogP contribution in [0.2, 0.25) is 0 Å². The van der Waals surface area contributed by atoms with Gasteiger partial charge in [-0.05, 0) is 47.2 Å². The molecule has 160 valence electrons. The van der Waals surface area contributed by atoms with Gasteiger partial charge < -0.3 is 21.1 Å². The number of fused-ring (bicyclic) bond motifs is 1. The summed E-state index contributed by atoms with van der Waals surface area (Å²) in [6.07, 6.45) is 0. The average molecular weight is 446 g/mol. The number of hydrogen-bond donors (Lipinski definition) is 3. The lowest BCUT2D eigenvalue weighted by Gasteiger charge is -2.05. The highest BCUT2D eigenvalue weighted by Gasteiger charge is 2.19. The summed E-state index contributed by atoms with van der Waals surface area (Å²) in [7, 11) is 0. The number of anilines is 3. The van der Waals surface area contributed by atoms with E-state index in [9.17, 15) is 14.4 Å². The van der Waals surface area contributed by atoms with Crippen molar-refractivity contribution in [1.29, 1.82) is 0 Å². The van der Waals surface area contributed by atoms with Gasteiger partial charge in [-0.2, -0.15) is 0 Å². The van der Waals surface area contributed by atoms with Gasteiger partial charge in [-0.3, -0.25) is 14.4 Å². The van der Waals surface area contributed by atoms with Crippen LogP contribution in [-0.4, -0.2) is 22.8 Å². The van der Waals surface area contributed by atoms with Crippen molar-refractivity contribution in [3.63, 3.8) is 0 Å². The van der Waals surface area contributed by atoms with Gasteiger partial charge in [-0.15, -0.1) is 0 Å². The van der Waals surface area contributed by atoms with E-state index in [2.05, 4.69) is 15.6 Å². The zero-order valence-electron chi connectivity index (χ0n) is 16.9. The number of esters is 1. The number of nitrogens with zero attached hydrogens (tertiary/aromatic N) is 1. The van der Waals surface area contributed by atoms with Crippen LogP contribution >= 0.6 is 11.3 Å². The molecule has 8 nitrogen and oxygen atoms in total. The molecule has 1 aromatic heterocycles. The van der Waals surface area contributed by atoms with E-state index in [4.69, 9.17) is 10.5 Å². The number of nitrogens with two attached hydrogens (primary N) is 1. The topological polar surface area (TPSA) is 123 Å². The molecule has 0 aliphatic rings. The van der Waals surface area contributed by atoms with E-state index in [0.717, 1.165) is 27.8 Å². The number of carbonyl (C=O) groups is 3. The number of rotatable bonds is 6. The van der Waals surface area contributed by atoms with Crippen LogP contribution in [0.5, 0.6) is 5.75 Å². The van der Waals surface area contributed by atoms with E-state index in [0.29, 0.717) is 16.4 Å². The Morgan fingerprint density at radius 2 is 1.69 bits per heavy atom. The molecule has 0 aliphatic heterocycles. The number of primary amides is 1. The van der Waals surface area contributed by atoms with E-state index < -0.39 is 17.8 Å². The quantitative estimate of drug-likeness (QED) is 0.299. The number of carbonyl (C=O) groups excluding carboxylic acids is 3. The molecule has 4 aromatic rings. The molecule has 0 fully saturated rings. The summed E-state index contributed by atoms with van der Waals surface area (Å²) in [4.78, 5) is 39.7. The van der Waals surface area contributed by atoms with E-state index in [1.165, 1.54) is 31.2 Å². The Balaban J connectivity index is 1.54. The number of amides is 2. The maximum Gasteiger partial charge on any atom is 0.308 e. The maximum atomic E-state index is 12.6. The van der Waals surface area contributed by atoms with Gasteiger partial charge in [0.15, 0.2) is 10.8 Å². The van der Waals surface area contributed by atoms with Crippen molar-refractivity contribution in [2.75, 3.05) is 10.6 Å². The first-order valence-electron chi connectivity index (χ1n) is 9.55. The molecule has 3 aromatic carbocycles. The Labute approximate surface area is 187 Å². The van der Waals surface area contributed by atoms with Gasteiger partial charge in [0.25, 0.3) is 11.8 Å². The van der Waals surface area contributed by atoms with E-state index in [1.54, 1.807) is 0 Å². The van der Waals surface area contributed by atoms with Crippen molar-refractivity contribution in [2.24, 2.45) is 5.73 Å². The van der Waals surface area contributed by atoms with Crippen molar-refractivity contribution >= 4 is 55.7 Å². The fraction of sp³-hybridized carbons (Fsp3) is 0.0435. The standard InChI is InChI=1S/C23H18N4O4S/c1-13(28)31-18-10-7-15(8-11-18)21(30)27-22-19(20(24)29)26-23(32-22)25-17-9-6-14-4-2-3-5-16(14)12-17/h2-12H,1H3,(H2,24,29)(H,25,26)(H,27,30). The van der Waals surface area contributed by atoms with Crippen molar-refractivity contribution in [1.82, 2.24) is 4.98 Å². The first-order valence-corrected chi connectivity index (χ1v) is 10.4. The second-order valence-electron chi connectivity index (χ2n) is 6.82. The number of aromatic nitrogens is 1. The molecule has 4 N–H and O–H groups in total. The van der Waals surface area contributed by atoms with Gasteiger partial charge in [-0.1, -0.05) is 41.7 Å². The third-order valence-corrected chi connectivity index (χ3v) is 5.35. The Morgan fingerprint density at radius 1 is 0.969 bits per heavy atom. The largest absolute Gasteiger partial charge is 0.427 e. The molecule has 32 heavy (non-hydrogen) atoms. The molecule has 0 radical (unpaired) electrons. The zero-order chi connectivity index (χ0) is 22.7. The molecule has 4 rings (SSSR count). The molecule has 0 atom stereocenters. The van der Waals surface area contributed by atoms with Crippen LogP contribution in [0.1, 0.15) is 27.8 Å². The fourth-order valence-corrected chi connectivity index (χ4v) is 3.92. The summed E-state index contributed by atoms with van der Waals surface area (Å²) in [5.74, 6) is -1.34. The van der Waals surface area contributed by atoms with Crippen LogP contribution in [0.4, 0.5) is 15.8 Å². The number of ether oxygens (including phenoxy) is 1. The second kappa shape index (κ2) is 8.86. The van der Waals surface area contributed by atoms with E-state index in [-0.39, 0.29) is 10.7 Å². The molecule has 0 saturated carbocycles. The number of hydrogen-bond acceptors (Lipinski definition) is 7. The highest BCUT2D eigenvalue weighted by atomic mass is 32.1. The van der Waals surface area contributed by atoms with Gasteiger partial charge >= 0.3 is 5.97 Å². The lowest BCUT2D eigenvalue weighted by molar-refractivity contribution is -0.131. The average Bonchev–Trinajstić information content (AvgIpc) is 3.16. The summed E-state index contributed by atoms with van der Waals surface area (Å²) in [5, 5.41) is 8.62. The molecule has 0 aliphatic carbocycles. The van der Waals surface area contributed by atoms with E-state index >= 15 is 0 Å². The molecular weight excluding hydrogens is 428 g/mol. The monoisotopic (exact) mass is 446 g/mol. The summed E-state index contributed by atoms with van der Waals surface area (Å²) >= 11 is 1.10. The van der Waals surface area contributed by atoms with Crippen LogP contribution in [0.25, 0.3) is 10.8 Å². The van der Waals surface area contributed by atoms with E-state index in [1.807, 2.05) is 42.5 Å². The minimum atomic E-state index is -0.756. The van der Waals surface area contributed by atoms with Crippen molar-refractivity contribution in [3.8, 4) is 5.75 Å². The minimum absolute atomic E-state index is 0.0387. The maximum absolute atomic E-state index is 12.6. The molecule has 0 spiro atoms. The Hall–Kier alpha value is -4.24. The molecule has 9 heteroatoms. The number of thiazole rings is 1. The van der Waals surface area contributed by atoms with Crippen LogP contribution in [-0.2, 0) is 4.79 Å². The lowest BCUT2D eigenvalue weighted by atomic mass is 10.1. The summed E-state index contributed by atoms with van der Waals surface area (Å²) in [5.41, 5.74) is 6.51. The molecule has 0 saturated heterocycles. The Kier molecular flexibility index (Phi) is 5.82. The number of nitrogens with one attached hydrogen (secondary N) is 2. The predicted molar refractivity (Wildman–Crippen MR) is 124 cm³/mol. The van der Waals surface area contributed by atoms with Crippen molar-refractivity contribution in [2.45, 2.75) is 6.92 Å². The lowest BCUT2D eigenvalue weighted by Crippen LogP contribution is -2.17. The Morgan fingerprint density at radius 3 is 2.38 bits per heavy atom. The second-order valence-corrected chi connectivity index (χ2v) is 7.82. The fourth-order valence-electron chi connectivity index (χ4n) is 3.03. The highest BCUT2D eigenvalue weighted by molar-refractivity contribution is 7.20. The third-order valence-electron chi connectivity index (χ3n) is 4.47. The third kappa shape index (κ3) is 4.73. The molecule has 0 unspecified atom stereocenters. The predicted octanol–water partition coefficient (Wildman–Crippen LogP) is 4.32. The highest BCUT2D eigenvalue weighted by Crippen LogP contribution is 2.32. The van der Waals surface area contributed by atoms with Crippen LogP contribution in [0, 0.1) is 0 Å². The number of benzene rings is 3. The smallest absolute Gasteiger partial charge is 0.308 e.